The molecule has 2 aromatic heterocycles. The Labute approximate surface area is 454 Å². The molecule has 0 spiro atoms. The van der Waals surface area contributed by atoms with E-state index in [1.54, 1.807) is 48.5 Å². The number of carboxylic acid groups (broad SMARTS) is 1. The number of nitrogens with zero attached hydrogens (tertiary/aromatic N) is 6. The molecule has 26 heteroatoms. The van der Waals surface area contributed by atoms with Gasteiger partial charge in [-0.05, 0) is 58.4 Å². The summed E-state index contributed by atoms with van der Waals surface area (Å²) in [4.78, 5) is 52.0. The first-order chi connectivity index (χ1) is 27.6. The van der Waals surface area contributed by atoms with Crippen LogP contribution in [-0.2, 0) is 43.2 Å². The van der Waals surface area contributed by atoms with Gasteiger partial charge in [0.1, 0.15) is 21.8 Å². The number of aromatic nitrogens is 6. The fourth-order valence-electron chi connectivity index (χ4n) is 4.73. The molecule has 0 saturated carbocycles. The third-order valence-electron chi connectivity index (χ3n) is 7.08. The van der Waals surface area contributed by atoms with Gasteiger partial charge in [0.05, 0.1) is 10.9 Å². The average Bonchev–Trinajstić information content (AvgIpc) is 3.15. The maximum absolute atomic E-state index is 12.3. The van der Waals surface area contributed by atoms with Crippen molar-refractivity contribution in [1.82, 2.24) is 29.9 Å². The summed E-state index contributed by atoms with van der Waals surface area (Å²) in [6, 6.07) is 28.7. The molecular weight excluding hydrogens is 931 g/mol. The second-order valence-corrected chi connectivity index (χ2v) is 13.5. The van der Waals surface area contributed by atoms with Crippen LogP contribution in [0.2, 0.25) is 10.6 Å². The van der Waals surface area contributed by atoms with Gasteiger partial charge in [-0.2, -0.15) is 53.3 Å². The molecule has 0 aliphatic carbocycles. The van der Waals surface area contributed by atoms with Crippen LogP contribution in [0.15, 0.2) is 89.8 Å². The number of rotatable bonds is 12. The predicted octanol–water partition coefficient (Wildman–Crippen LogP) is -8.50. The normalized spacial score (nSPS) is 9.92. The minimum absolute atomic E-state index is 0. The summed E-state index contributed by atoms with van der Waals surface area (Å²) in [7, 11) is -8.01. The van der Waals surface area contributed by atoms with Crippen molar-refractivity contribution in [2.45, 2.75) is 17.7 Å². The Bertz CT molecular complexity index is 2700. The maximum atomic E-state index is 12.3. The summed E-state index contributed by atoms with van der Waals surface area (Å²) >= 11 is 12.2. The molecule has 6 rings (SSSR count). The summed E-state index contributed by atoms with van der Waals surface area (Å²) in [5, 5.41) is 16.9. The molecule has 0 atom stereocenters. The number of carbonyl (C=O) groups excluding carboxylic acids is 3. The number of carboxylic acids is 1. The number of benzene rings is 4. The van der Waals surface area contributed by atoms with Gasteiger partial charge in [0.2, 0.25) is 22.5 Å². The van der Waals surface area contributed by atoms with Gasteiger partial charge in [0, 0.05) is 12.1 Å². The molecular formula is C36H22Cl2N8Na4O10S2. The van der Waals surface area contributed by atoms with Crippen molar-refractivity contribution in [2.24, 2.45) is 0 Å². The van der Waals surface area contributed by atoms with Gasteiger partial charge in [-0.1, -0.05) is 42.1 Å². The zero-order valence-corrected chi connectivity index (χ0v) is 44.1. The molecule has 0 bridgehead atoms. The summed E-state index contributed by atoms with van der Waals surface area (Å²) < 4.78 is 62.1. The number of hydrogen-bond donors (Lipinski definition) is 2. The van der Waals surface area contributed by atoms with E-state index in [4.69, 9.17) is 45.4 Å². The van der Waals surface area contributed by atoms with Crippen LogP contribution in [0.4, 0.5) is 23.3 Å². The van der Waals surface area contributed by atoms with Crippen LogP contribution in [0.3, 0.4) is 0 Å². The molecule has 62 heavy (non-hydrogen) atoms. The first-order valence-corrected chi connectivity index (χ1v) is 18.9. The fourth-order valence-corrected chi connectivity index (χ4v) is 5.78. The van der Waals surface area contributed by atoms with Crippen LogP contribution in [0.25, 0.3) is 12.2 Å². The molecule has 18 nitrogen and oxygen atoms in total. The first-order valence-electron chi connectivity index (χ1n) is 15.8. The van der Waals surface area contributed by atoms with E-state index in [2.05, 4.69) is 52.7 Å². The summed E-state index contributed by atoms with van der Waals surface area (Å²) in [5.41, 5.74) is 3.32. The topological polar surface area (TPSA) is 284 Å². The van der Waals surface area contributed by atoms with E-state index < -0.39 is 31.6 Å². The molecule has 0 fully saturated rings. The van der Waals surface area contributed by atoms with E-state index >= 15 is 0 Å². The van der Waals surface area contributed by atoms with Gasteiger partial charge in [-0.15, -0.1) is 60.7 Å². The van der Waals surface area contributed by atoms with E-state index in [0.29, 0.717) is 29.3 Å². The largest absolute Gasteiger partial charge is 1.00 e. The van der Waals surface area contributed by atoms with Crippen LogP contribution in [0.1, 0.15) is 44.3 Å². The van der Waals surface area contributed by atoms with Crippen molar-refractivity contribution >= 4 is 91.5 Å². The van der Waals surface area contributed by atoms with Crippen molar-refractivity contribution < 1.29 is 163 Å². The number of halogens is 2. The van der Waals surface area contributed by atoms with Crippen molar-refractivity contribution in [1.29, 1.82) is 0 Å². The van der Waals surface area contributed by atoms with Gasteiger partial charge in [0.15, 0.2) is 0 Å². The number of hydrogen-bond acceptors (Lipinski definition) is 18. The van der Waals surface area contributed by atoms with Gasteiger partial charge in [0.25, 0.3) is 0 Å². The van der Waals surface area contributed by atoms with Crippen LogP contribution < -0.4 is 134 Å². The van der Waals surface area contributed by atoms with Crippen LogP contribution in [0, 0.1) is 12.1 Å². The zero-order valence-electron chi connectivity index (χ0n) is 33.0. The summed E-state index contributed by atoms with van der Waals surface area (Å²) in [6.07, 6.45) is 3.91. The summed E-state index contributed by atoms with van der Waals surface area (Å²) in [6.45, 7) is 0. The Balaban J connectivity index is 0.00000316. The predicted molar refractivity (Wildman–Crippen MR) is 201 cm³/mol. The van der Waals surface area contributed by atoms with E-state index in [9.17, 15) is 22.9 Å². The molecule has 0 radical (unpaired) electrons. The quantitative estimate of drug-likeness (QED) is 0.0499. The van der Waals surface area contributed by atoms with Crippen molar-refractivity contribution in [3.05, 3.63) is 147 Å². The number of anilines is 4. The van der Waals surface area contributed by atoms with Crippen LogP contribution in [0.5, 0.6) is 0 Å². The van der Waals surface area contributed by atoms with Gasteiger partial charge >= 0.3 is 135 Å². The Morgan fingerprint density at radius 3 is 1.71 bits per heavy atom. The molecule has 6 aromatic rings. The molecule has 4 aromatic carbocycles. The van der Waals surface area contributed by atoms with Crippen molar-refractivity contribution in [2.75, 3.05) is 10.6 Å². The van der Waals surface area contributed by atoms with E-state index in [-0.39, 0.29) is 170 Å². The molecule has 0 aliphatic heterocycles. The standard InChI is InChI=1S/C35H24Cl2N8O5S.CO2.4Na.O3S/c36-32-40-29(42-34(44-32)38-26-4-2-1-3-5-26)18-22-8-6-21(7-9-22)10-13-24-16-17-27(20-28(24)51(48,49)50)39-35-43-30(41-33(37)45-35)19-23-11-14-25(15-12-23)31(46)47;2-1-3;;;;;1-4(2)3/h2-6,8-17,20H,18-19H2,(H,46,47)(H,48,49,50)(H,38,40,42,44)(H,39,41,43,45);;;;;;/q-2;;4*+1;/p-2/b13-10+;;;;;;. The second kappa shape index (κ2) is 29.6. The Morgan fingerprint density at radius 1 is 0.726 bits per heavy atom. The molecule has 0 unspecified atom stereocenters. The van der Waals surface area contributed by atoms with Crippen LogP contribution in [-0.4, -0.2) is 67.6 Å². The smallest absolute Gasteiger partial charge is 0.744 e. The Morgan fingerprint density at radius 2 is 1.23 bits per heavy atom. The molecule has 0 amide bonds. The van der Waals surface area contributed by atoms with Gasteiger partial charge in [-0.25, -0.2) is 18.4 Å². The van der Waals surface area contributed by atoms with E-state index in [0.717, 1.165) is 11.3 Å². The minimum Gasteiger partial charge on any atom is -0.744 e. The third kappa shape index (κ3) is 20.8. The zero-order chi connectivity index (χ0) is 42.2. The monoisotopic (exact) mass is 952 g/mol. The van der Waals surface area contributed by atoms with E-state index in [1.807, 2.05) is 18.2 Å². The van der Waals surface area contributed by atoms with Gasteiger partial charge < -0.3 is 25.1 Å². The SMILES string of the molecule is O=C([O-])c1ccc(Cc2nc(Cl)nc(Nc3ccc(/C=C/c4[c-]cc(Cc5nc(Cl)nc(Nc6cc[c-]cc6)n5)cc4)c(S(=O)(=O)[O-])c3)n2)cc1.O=C=O.O=S(=O)=O.[Na+].[Na+].[Na+].[Na+]. The average molecular weight is 954 g/mol. The molecule has 296 valence electrons. The molecule has 0 aliphatic rings. The maximum Gasteiger partial charge on any atom is 1.00 e. The molecule has 0 saturated heterocycles. The van der Waals surface area contributed by atoms with Crippen molar-refractivity contribution in [3.8, 4) is 0 Å². The van der Waals surface area contributed by atoms with E-state index in [1.165, 1.54) is 30.3 Å². The van der Waals surface area contributed by atoms with Crippen molar-refractivity contribution in [3.63, 3.8) is 0 Å². The molecule has 2 N–H and O–H groups in total. The number of carbonyl (C=O) groups is 1. The van der Waals surface area contributed by atoms with Crippen LogP contribution >= 0.6 is 23.2 Å². The Hall–Kier alpha value is -2.80. The second-order valence-electron chi connectivity index (χ2n) is 11.0. The number of aromatic carboxylic acids is 1. The fraction of sp³-hybridized carbons (Fsp3) is 0.0556. The number of nitrogens with one attached hydrogen (secondary N) is 2. The minimum atomic E-state index is -4.90. The third-order valence-corrected chi connectivity index (χ3v) is 8.31. The summed E-state index contributed by atoms with van der Waals surface area (Å²) in [5.74, 6) is -0.289. The first kappa shape index (κ1) is 59.2. The van der Waals surface area contributed by atoms with Gasteiger partial charge in [-0.3, -0.25) is 0 Å². The molecule has 2 heterocycles. The Kier molecular flexibility index (Phi) is 28.3.